The number of hydrogen-bond donors (Lipinski definition) is 3. The Hall–Kier alpha value is -3.26. The molecule has 9 heteroatoms. The third-order valence-corrected chi connectivity index (χ3v) is 5.80. The van der Waals surface area contributed by atoms with Gasteiger partial charge in [-0.3, -0.25) is 14.4 Å². The normalized spacial score (nSPS) is 17.6. The second-order valence-corrected chi connectivity index (χ2v) is 8.25. The average molecular weight is 475 g/mol. The van der Waals surface area contributed by atoms with Gasteiger partial charge in [0.05, 0.1) is 19.1 Å². The van der Waals surface area contributed by atoms with Crippen molar-refractivity contribution in [2.75, 3.05) is 20.2 Å². The van der Waals surface area contributed by atoms with Gasteiger partial charge in [0.2, 0.25) is 0 Å². The van der Waals surface area contributed by atoms with Crippen LogP contribution in [0.4, 0.5) is 0 Å². The van der Waals surface area contributed by atoms with E-state index in [0.717, 1.165) is 0 Å². The maximum absolute atomic E-state index is 12.5. The maximum atomic E-state index is 12.5. The highest BCUT2D eigenvalue weighted by Crippen LogP contribution is 2.33. The molecule has 33 heavy (non-hydrogen) atoms. The van der Waals surface area contributed by atoms with Gasteiger partial charge in [0.25, 0.3) is 11.8 Å². The van der Waals surface area contributed by atoms with Crippen molar-refractivity contribution in [2.24, 2.45) is 5.92 Å². The van der Waals surface area contributed by atoms with Gasteiger partial charge in [-0.2, -0.15) is 0 Å². The van der Waals surface area contributed by atoms with Crippen LogP contribution in [0.5, 0.6) is 11.5 Å². The highest BCUT2D eigenvalue weighted by Gasteiger charge is 2.27. The second-order valence-electron chi connectivity index (χ2n) is 7.81. The lowest BCUT2D eigenvalue weighted by Crippen LogP contribution is -2.34. The van der Waals surface area contributed by atoms with Crippen LogP contribution in [0, 0.1) is 5.92 Å². The summed E-state index contributed by atoms with van der Waals surface area (Å²) in [5.74, 6) is -0.675. The van der Waals surface area contributed by atoms with Crippen molar-refractivity contribution in [3.63, 3.8) is 0 Å². The standard InChI is InChI=1S/C24H27ClN2O6/c1-32-21-14-17(6-11-20(21)33-19-9-4-16(5-10-19)24(30)31)23(29)27-13-12-26-22(28)15-2-7-18(25)8-3-15/h2-3,6-8,11,14,16,19H,4-5,9-10,12-13H2,1H3,(H,26,28)(H,27,29)(H,30,31)/t16-,19+. The van der Waals surface area contributed by atoms with E-state index in [4.69, 9.17) is 26.2 Å². The molecular weight excluding hydrogens is 448 g/mol. The Labute approximate surface area is 197 Å². The van der Waals surface area contributed by atoms with Crippen LogP contribution in [0.25, 0.3) is 0 Å². The number of benzene rings is 2. The fraction of sp³-hybridized carbons (Fsp3) is 0.375. The van der Waals surface area contributed by atoms with Crippen molar-refractivity contribution in [3.8, 4) is 11.5 Å². The van der Waals surface area contributed by atoms with Crippen LogP contribution in [0.1, 0.15) is 46.4 Å². The smallest absolute Gasteiger partial charge is 0.306 e. The van der Waals surface area contributed by atoms with Gasteiger partial charge in [-0.15, -0.1) is 0 Å². The number of carboxylic acids is 1. The molecule has 0 aliphatic heterocycles. The van der Waals surface area contributed by atoms with Crippen LogP contribution in [-0.2, 0) is 4.79 Å². The Bertz CT molecular complexity index is 987. The third kappa shape index (κ3) is 6.86. The number of carboxylic acid groups (broad SMARTS) is 1. The molecule has 0 radical (unpaired) electrons. The highest BCUT2D eigenvalue weighted by molar-refractivity contribution is 6.30. The highest BCUT2D eigenvalue weighted by atomic mass is 35.5. The Morgan fingerprint density at radius 2 is 1.48 bits per heavy atom. The predicted molar refractivity (Wildman–Crippen MR) is 123 cm³/mol. The SMILES string of the molecule is COc1cc(C(=O)NCCNC(=O)c2ccc(Cl)cc2)ccc1O[C@H]1CC[C@@H](C(=O)O)CC1. The molecule has 1 aliphatic carbocycles. The van der Waals surface area contributed by atoms with Gasteiger partial charge in [-0.05, 0) is 68.1 Å². The topological polar surface area (TPSA) is 114 Å². The number of methoxy groups -OCH3 is 1. The minimum atomic E-state index is -0.758. The van der Waals surface area contributed by atoms with Gasteiger partial charge in [0.15, 0.2) is 11.5 Å². The van der Waals surface area contributed by atoms with Crippen LogP contribution >= 0.6 is 11.6 Å². The third-order valence-electron chi connectivity index (χ3n) is 5.55. The molecule has 1 fully saturated rings. The maximum Gasteiger partial charge on any atom is 0.306 e. The summed E-state index contributed by atoms with van der Waals surface area (Å²) in [5, 5.41) is 15.2. The van der Waals surface area contributed by atoms with Crippen molar-refractivity contribution < 1.29 is 29.0 Å². The molecule has 8 nitrogen and oxygen atoms in total. The zero-order chi connectivity index (χ0) is 23.8. The molecule has 2 aromatic rings. The number of carbonyl (C=O) groups is 3. The Morgan fingerprint density at radius 1 is 0.909 bits per heavy atom. The summed E-state index contributed by atoms with van der Waals surface area (Å²) in [5.41, 5.74) is 0.889. The number of halogens is 1. The number of rotatable bonds is 9. The van der Waals surface area contributed by atoms with E-state index in [1.54, 1.807) is 42.5 Å². The van der Waals surface area contributed by atoms with E-state index in [1.165, 1.54) is 7.11 Å². The van der Waals surface area contributed by atoms with Crippen molar-refractivity contribution in [1.29, 1.82) is 0 Å². The molecule has 0 unspecified atom stereocenters. The Morgan fingerprint density at radius 3 is 2.06 bits per heavy atom. The molecule has 3 rings (SSSR count). The van der Waals surface area contributed by atoms with E-state index in [1.807, 2.05) is 0 Å². The predicted octanol–water partition coefficient (Wildman–Crippen LogP) is 3.53. The first-order chi connectivity index (χ1) is 15.9. The molecule has 2 aromatic carbocycles. The summed E-state index contributed by atoms with van der Waals surface area (Å²) in [7, 11) is 1.50. The summed E-state index contributed by atoms with van der Waals surface area (Å²) in [4.78, 5) is 35.7. The van der Waals surface area contributed by atoms with Gasteiger partial charge in [-0.25, -0.2) is 0 Å². The van der Waals surface area contributed by atoms with E-state index in [-0.39, 0.29) is 36.9 Å². The minimum absolute atomic E-state index is 0.0848. The Kier molecular flexibility index (Phi) is 8.54. The fourth-order valence-electron chi connectivity index (χ4n) is 3.67. The van der Waals surface area contributed by atoms with E-state index >= 15 is 0 Å². The molecule has 3 N–H and O–H groups in total. The summed E-state index contributed by atoms with van der Waals surface area (Å²) in [6.45, 7) is 0.524. The number of ether oxygens (including phenoxy) is 2. The van der Waals surface area contributed by atoms with Gasteiger partial charge in [0.1, 0.15) is 0 Å². The molecule has 1 saturated carbocycles. The summed E-state index contributed by atoms with van der Waals surface area (Å²) in [6.07, 6.45) is 2.39. The van der Waals surface area contributed by atoms with Crippen LogP contribution in [0.15, 0.2) is 42.5 Å². The molecule has 0 aromatic heterocycles. The van der Waals surface area contributed by atoms with Gasteiger partial charge in [-0.1, -0.05) is 11.6 Å². The van der Waals surface area contributed by atoms with Crippen molar-refractivity contribution in [3.05, 3.63) is 58.6 Å². The summed E-state index contributed by atoms with van der Waals surface area (Å²) in [6, 6.07) is 11.5. The van der Waals surface area contributed by atoms with Gasteiger partial charge >= 0.3 is 5.97 Å². The molecule has 1 aliphatic rings. The zero-order valence-electron chi connectivity index (χ0n) is 18.3. The largest absolute Gasteiger partial charge is 0.493 e. The van der Waals surface area contributed by atoms with Crippen molar-refractivity contribution in [2.45, 2.75) is 31.8 Å². The number of carbonyl (C=O) groups excluding carboxylic acids is 2. The number of aliphatic carboxylic acids is 1. The molecular formula is C24H27ClN2O6. The minimum Gasteiger partial charge on any atom is -0.493 e. The van der Waals surface area contributed by atoms with Crippen LogP contribution in [-0.4, -0.2) is 49.2 Å². The Balaban J connectivity index is 1.48. The van der Waals surface area contributed by atoms with Crippen molar-refractivity contribution in [1.82, 2.24) is 10.6 Å². The van der Waals surface area contributed by atoms with Crippen LogP contribution in [0.2, 0.25) is 5.02 Å². The van der Waals surface area contributed by atoms with E-state index in [9.17, 15) is 14.4 Å². The van der Waals surface area contributed by atoms with E-state index in [2.05, 4.69) is 10.6 Å². The lowest BCUT2D eigenvalue weighted by Gasteiger charge is -2.27. The molecule has 2 amide bonds. The lowest BCUT2D eigenvalue weighted by atomic mass is 9.87. The molecule has 0 bridgehead atoms. The quantitative estimate of drug-likeness (QED) is 0.479. The van der Waals surface area contributed by atoms with E-state index < -0.39 is 5.97 Å². The van der Waals surface area contributed by atoms with Gasteiger partial charge in [0, 0.05) is 29.2 Å². The number of nitrogens with one attached hydrogen (secondary N) is 2. The molecule has 0 atom stereocenters. The molecule has 0 spiro atoms. The van der Waals surface area contributed by atoms with Crippen LogP contribution < -0.4 is 20.1 Å². The lowest BCUT2D eigenvalue weighted by molar-refractivity contribution is -0.143. The summed E-state index contributed by atoms with van der Waals surface area (Å²) < 4.78 is 11.4. The molecule has 176 valence electrons. The molecule has 0 saturated heterocycles. The fourth-order valence-corrected chi connectivity index (χ4v) is 3.80. The molecule has 0 heterocycles. The van der Waals surface area contributed by atoms with Crippen molar-refractivity contribution >= 4 is 29.4 Å². The average Bonchev–Trinajstić information content (AvgIpc) is 2.82. The first-order valence-electron chi connectivity index (χ1n) is 10.8. The van der Waals surface area contributed by atoms with Gasteiger partial charge < -0.3 is 25.2 Å². The number of amides is 2. The first kappa shape index (κ1) is 24.4. The number of hydrogen-bond acceptors (Lipinski definition) is 5. The zero-order valence-corrected chi connectivity index (χ0v) is 19.1. The summed E-state index contributed by atoms with van der Waals surface area (Å²) >= 11 is 5.82. The first-order valence-corrected chi connectivity index (χ1v) is 11.1. The monoisotopic (exact) mass is 474 g/mol. The van der Waals surface area contributed by atoms with Crippen LogP contribution in [0.3, 0.4) is 0 Å². The van der Waals surface area contributed by atoms with E-state index in [0.29, 0.717) is 53.3 Å². The second kappa shape index (κ2) is 11.6.